The van der Waals surface area contributed by atoms with E-state index in [1.165, 1.54) is 0 Å². The van der Waals surface area contributed by atoms with Gasteiger partial charge < -0.3 is 10.4 Å². The topological polar surface area (TPSA) is 66.4 Å². The lowest BCUT2D eigenvalue weighted by molar-refractivity contribution is -0.131. The Balaban J connectivity index is 2.25. The van der Waals surface area contributed by atoms with E-state index in [1.54, 1.807) is 11.3 Å². The van der Waals surface area contributed by atoms with Crippen LogP contribution in [0.4, 0.5) is 0 Å². The van der Waals surface area contributed by atoms with Crippen LogP contribution in [0.2, 0.25) is 0 Å². The van der Waals surface area contributed by atoms with Crippen LogP contribution >= 0.6 is 27.3 Å². The molecule has 0 aromatic carbocycles. The van der Waals surface area contributed by atoms with Gasteiger partial charge >= 0.3 is 5.97 Å². The fourth-order valence-electron chi connectivity index (χ4n) is 1.000. The second-order valence-corrected chi connectivity index (χ2v) is 4.86. The number of carbonyl (C=O) groups is 2. The van der Waals surface area contributed by atoms with Crippen molar-refractivity contribution in [3.05, 3.63) is 32.9 Å². The highest BCUT2D eigenvalue weighted by Gasteiger charge is 1.99. The Kier molecular flexibility index (Phi) is 5.21. The summed E-state index contributed by atoms with van der Waals surface area (Å²) < 4.78 is 1.03. The molecule has 0 atom stereocenters. The molecule has 1 aromatic heterocycles. The van der Waals surface area contributed by atoms with E-state index in [0.717, 1.165) is 27.9 Å². The predicted molar refractivity (Wildman–Crippen MR) is 65.5 cm³/mol. The number of rotatable bonds is 5. The SMILES string of the molecule is O=C(O)/C=C/C(=O)NCCc1cc(Br)cs1. The Hall–Kier alpha value is -1.14. The fourth-order valence-corrected chi connectivity index (χ4v) is 2.45. The largest absolute Gasteiger partial charge is 0.478 e. The maximum atomic E-state index is 11.1. The number of hydrogen-bond donors (Lipinski definition) is 2. The van der Waals surface area contributed by atoms with Crippen LogP contribution in [0.5, 0.6) is 0 Å². The molecule has 4 nitrogen and oxygen atoms in total. The van der Waals surface area contributed by atoms with Gasteiger partial charge in [-0.15, -0.1) is 11.3 Å². The Morgan fingerprint density at radius 2 is 2.25 bits per heavy atom. The smallest absolute Gasteiger partial charge is 0.328 e. The minimum absolute atomic E-state index is 0.391. The number of amides is 1. The Bertz CT molecular complexity index is 414. The lowest BCUT2D eigenvalue weighted by Gasteiger charge is -1.99. The standard InChI is InChI=1S/C10H10BrNO3S/c11-7-5-8(16-6-7)3-4-12-9(13)1-2-10(14)15/h1-2,5-6H,3-4H2,(H,12,13)(H,14,15)/b2-1+. The van der Waals surface area contributed by atoms with Gasteiger partial charge in [-0.25, -0.2) is 4.79 Å². The van der Waals surface area contributed by atoms with Gasteiger partial charge in [-0.05, 0) is 28.4 Å². The monoisotopic (exact) mass is 303 g/mol. The molecule has 0 saturated heterocycles. The third-order valence-corrected chi connectivity index (χ3v) is 3.43. The van der Waals surface area contributed by atoms with Crippen LogP contribution in [-0.2, 0) is 16.0 Å². The summed E-state index contributed by atoms with van der Waals surface area (Å²) in [7, 11) is 0. The average Bonchev–Trinajstić information content (AvgIpc) is 2.61. The van der Waals surface area contributed by atoms with Crippen molar-refractivity contribution in [2.75, 3.05) is 6.54 Å². The Morgan fingerprint density at radius 1 is 1.50 bits per heavy atom. The molecular formula is C10H10BrNO3S. The van der Waals surface area contributed by atoms with Crippen molar-refractivity contribution in [2.24, 2.45) is 0 Å². The van der Waals surface area contributed by atoms with Gasteiger partial charge in [-0.3, -0.25) is 4.79 Å². The Morgan fingerprint density at radius 3 is 2.81 bits per heavy atom. The van der Waals surface area contributed by atoms with Gasteiger partial charge in [0.25, 0.3) is 0 Å². The molecule has 1 amide bonds. The van der Waals surface area contributed by atoms with E-state index in [1.807, 2.05) is 11.4 Å². The molecule has 0 aliphatic carbocycles. The van der Waals surface area contributed by atoms with Crippen LogP contribution in [0.25, 0.3) is 0 Å². The quantitative estimate of drug-likeness (QED) is 0.815. The van der Waals surface area contributed by atoms with Gasteiger partial charge in [0.2, 0.25) is 5.91 Å². The normalized spacial score (nSPS) is 10.6. The Labute approximate surface area is 105 Å². The van der Waals surface area contributed by atoms with Crippen molar-refractivity contribution in [3.63, 3.8) is 0 Å². The van der Waals surface area contributed by atoms with E-state index in [-0.39, 0.29) is 0 Å². The molecule has 0 spiro atoms. The number of carbonyl (C=O) groups excluding carboxylic acids is 1. The van der Waals surface area contributed by atoms with Crippen molar-refractivity contribution >= 4 is 39.1 Å². The van der Waals surface area contributed by atoms with Gasteiger partial charge in [0.15, 0.2) is 0 Å². The summed E-state index contributed by atoms with van der Waals surface area (Å²) in [5, 5.41) is 12.9. The summed E-state index contributed by atoms with van der Waals surface area (Å²) in [6.07, 6.45) is 2.56. The molecule has 0 saturated carbocycles. The first kappa shape index (κ1) is 12.9. The zero-order valence-corrected chi connectivity index (χ0v) is 10.7. The van der Waals surface area contributed by atoms with Crippen molar-refractivity contribution < 1.29 is 14.7 Å². The lowest BCUT2D eigenvalue weighted by Crippen LogP contribution is -2.23. The number of halogens is 1. The summed E-state index contributed by atoms with van der Waals surface area (Å²) in [6, 6.07) is 1.99. The van der Waals surface area contributed by atoms with Gasteiger partial charge in [0.1, 0.15) is 0 Å². The maximum Gasteiger partial charge on any atom is 0.328 e. The highest BCUT2D eigenvalue weighted by Crippen LogP contribution is 2.19. The molecule has 16 heavy (non-hydrogen) atoms. The molecule has 0 aliphatic rings. The second kappa shape index (κ2) is 6.44. The zero-order valence-electron chi connectivity index (χ0n) is 8.27. The van der Waals surface area contributed by atoms with Crippen LogP contribution < -0.4 is 5.32 Å². The van der Waals surface area contributed by atoms with E-state index in [2.05, 4.69) is 21.2 Å². The molecule has 0 fully saturated rings. The number of carboxylic acids is 1. The first-order valence-electron chi connectivity index (χ1n) is 4.49. The third-order valence-electron chi connectivity index (χ3n) is 1.67. The van der Waals surface area contributed by atoms with E-state index in [9.17, 15) is 9.59 Å². The third kappa shape index (κ3) is 5.09. The second-order valence-electron chi connectivity index (χ2n) is 2.94. The van der Waals surface area contributed by atoms with E-state index in [4.69, 9.17) is 5.11 Å². The summed E-state index contributed by atoms with van der Waals surface area (Å²) in [5.41, 5.74) is 0. The minimum Gasteiger partial charge on any atom is -0.478 e. The van der Waals surface area contributed by atoms with Crippen LogP contribution in [0.3, 0.4) is 0 Å². The van der Waals surface area contributed by atoms with Gasteiger partial charge in [0, 0.05) is 33.4 Å². The maximum absolute atomic E-state index is 11.1. The van der Waals surface area contributed by atoms with Crippen molar-refractivity contribution in [1.29, 1.82) is 0 Å². The minimum atomic E-state index is -1.13. The number of thiophene rings is 1. The number of hydrogen-bond acceptors (Lipinski definition) is 3. The predicted octanol–water partition coefficient (Wildman–Crippen LogP) is 1.81. The highest BCUT2D eigenvalue weighted by molar-refractivity contribution is 9.10. The van der Waals surface area contributed by atoms with Gasteiger partial charge in [-0.1, -0.05) is 0 Å². The molecule has 0 radical (unpaired) electrons. The van der Waals surface area contributed by atoms with E-state index < -0.39 is 11.9 Å². The molecule has 0 unspecified atom stereocenters. The summed E-state index contributed by atoms with van der Waals surface area (Å²) in [4.78, 5) is 22.4. The summed E-state index contributed by atoms with van der Waals surface area (Å²) >= 11 is 4.95. The first-order valence-corrected chi connectivity index (χ1v) is 6.17. The molecule has 1 rings (SSSR count). The van der Waals surface area contributed by atoms with E-state index in [0.29, 0.717) is 6.54 Å². The van der Waals surface area contributed by atoms with Crippen LogP contribution in [0.1, 0.15) is 4.88 Å². The molecule has 1 aromatic rings. The number of carboxylic acid groups (broad SMARTS) is 1. The molecule has 0 bridgehead atoms. The molecular weight excluding hydrogens is 294 g/mol. The molecule has 6 heteroatoms. The van der Waals surface area contributed by atoms with Crippen molar-refractivity contribution in [1.82, 2.24) is 5.32 Å². The van der Waals surface area contributed by atoms with Gasteiger partial charge in [-0.2, -0.15) is 0 Å². The zero-order chi connectivity index (χ0) is 12.0. The molecule has 2 N–H and O–H groups in total. The van der Waals surface area contributed by atoms with Crippen molar-refractivity contribution in [2.45, 2.75) is 6.42 Å². The molecule has 86 valence electrons. The van der Waals surface area contributed by atoms with E-state index >= 15 is 0 Å². The first-order chi connectivity index (χ1) is 7.58. The molecule has 0 aliphatic heterocycles. The van der Waals surface area contributed by atoms with Crippen LogP contribution in [0, 0.1) is 0 Å². The van der Waals surface area contributed by atoms with Crippen LogP contribution in [0.15, 0.2) is 28.1 Å². The van der Waals surface area contributed by atoms with Crippen molar-refractivity contribution in [3.8, 4) is 0 Å². The fraction of sp³-hybridized carbons (Fsp3) is 0.200. The average molecular weight is 304 g/mol. The number of nitrogens with one attached hydrogen (secondary N) is 1. The number of aliphatic carboxylic acids is 1. The van der Waals surface area contributed by atoms with Crippen LogP contribution in [-0.4, -0.2) is 23.5 Å². The van der Waals surface area contributed by atoms with Gasteiger partial charge in [0.05, 0.1) is 0 Å². The molecule has 1 heterocycles. The lowest BCUT2D eigenvalue weighted by atomic mass is 10.3. The summed E-state index contributed by atoms with van der Waals surface area (Å²) in [5.74, 6) is -1.52. The highest BCUT2D eigenvalue weighted by atomic mass is 79.9. The summed E-state index contributed by atoms with van der Waals surface area (Å²) in [6.45, 7) is 0.496.